The number of rotatable bonds is 7. The lowest BCUT2D eigenvalue weighted by Gasteiger charge is -2.11. The van der Waals surface area contributed by atoms with Crippen LogP contribution in [0.3, 0.4) is 0 Å². The molecule has 8 heteroatoms. The summed E-state index contributed by atoms with van der Waals surface area (Å²) in [5.41, 5.74) is 2.71. The summed E-state index contributed by atoms with van der Waals surface area (Å²) in [5.74, 6) is 0.279. The maximum atomic E-state index is 12.4. The van der Waals surface area contributed by atoms with Gasteiger partial charge in [-0.05, 0) is 36.8 Å². The van der Waals surface area contributed by atoms with Gasteiger partial charge in [0, 0.05) is 23.4 Å². The summed E-state index contributed by atoms with van der Waals surface area (Å²) < 4.78 is 5.37. The Kier molecular flexibility index (Phi) is 6.44. The molecule has 2 N–H and O–H groups in total. The third kappa shape index (κ3) is 5.20. The average molecular weight is 396 g/mol. The second-order valence-electron chi connectivity index (χ2n) is 6.00. The number of anilines is 2. The lowest BCUT2D eigenvalue weighted by Crippen LogP contribution is -2.15. The minimum absolute atomic E-state index is 0.144. The van der Waals surface area contributed by atoms with Gasteiger partial charge in [0.15, 0.2) is 0 Å². The van der Waals surface area contributed by atoms with E-state index in [1.165, 1.54) is 11.8 Å². The lowest BCUT2D eigenvalue weighted by molar-refractivity contribution is -0.113. The van der Waals surface area contributed by atoms with Crippen LogP contribution in [0, 0.1) is 6.92 Å². The number of aromatic nitrogens is 2. The molecule has 144 valence electrons. The Morgan fingerprint density at radius 3 is 2.57 bits per heavy atom. The van der Waals surface area contributed by atoms with Crippen molar-refractivity contribution in [3.05, 3.63) is 65.5 Å². The van der Waals surface area contributed by atoms with Gasteiger partial charge < -0.3 is 15.1 Å². The van der Waals surface area contributed by atoms with E-state index >= 15 is 0 Å². The number of carbonyl (C=O) groups is 2. The van der Waals surface area contributed by atoms with Gasteiger partial charge in [-0.25, -0.2) is 0 Å². The predicted molar refractivity (Wildman–Crippen MR) is 109 cm³/mol. The summed E-state index contributed by atoms with van der Waals surface area (Å²) >= 11 is 1.18. The zero-order chi connectivity index (χ0) is 19.9. The molecule has 3 aromatic rings. The minimum atomic E-state index is -0.203. The average Bonchev–Trinajstić information content (AvgIpc) is 3.18. The lowest BCUT2D eigenvalue weighted by atomic mass is 10.1. The number of nitrogens with zero attached hydrogens (tertiary/aromatic N) is 2. The zero-order valence-corrected chi connectivity index (χ0v) is 16.4. The Hall–Kier alpha value is -3.13. The number of nitrogens with one attached hydrogen (secondary N) is 2. The molecule has 0 radical (unpaired) electrons. The van der Waals surface area contributed by atoms with Gasteiger partial charge in [-0.1, -0.05) is 43.0 Å². The van der Waals surface area contributed by atoms with Crippen molar-refractivity contribution >= 4 is 35.0 Å². The molecule has 0 fully saturated rings. The summed E-state index contributed by atoms with van der Waals surface area (Å²) in [6, 6.07) is 14.3. The van der Waals surface area contributed by atoms with E-state index in [1.54, 1.807) is 24.3 Å². The van der Waals surface area contributed by atoms with E-state index in [0.29, 0.717) is 34.5 Å². The summed E-state index contributed by atoms with van der Waals surface area (Å²) in [5, 5.41) is 13.8. The van der Waals surface area contributed by atoms with Crippen LogP contribution in [0.2, 0.25) is 0 Å². The maximum absolute atomic E-state index is 12.4. The van der Waals surface area contributed by atoms with Crippen molar-refractivity contribution in [3.8, 4) is 0 Å². The summed E-state index contributed by atoms with van der Waals surface area (Å²) in [7, 11) is 0. The van der Waals surface area contributed by atoms with Gasteiger partial charge in [0.1, 0.15) is 0 Å². The van der Waals surface area contributed by atoms with Crippen molar-refractivity contribution in [2.45, 2.75) is 25.5 Å². The number of carbonyl (C=O) groups excluding carboxylic acids is 2. The fraction of sp³-hybridized carbons (Fsp3) is 0.200. The standard InChI is InChI=1S/C20H20N4O3S/c1-3-18-23-24-20(27-18)28-12-17(25)21-15-10-9-13(2)16(11-15)22-19(26)14-7-5-4-6-8-14/h4-11H,3,12H2,1-2H3,(H,21,25)(H,22,26). The molecule has 0 aliphatic rings. The SMILES string of the molecule is CCc1nnc(SCC(=O)Nc2ccc(C)c(NC(=O)c3ccccc3)c2)o1. The summed E-state index contributed by atoms with van der Waals surface area (Å²) in [6.45, 7) is 3.81. The fourth-order valence-electron chi connectivity index (χ4n) is 2.38. The Morgan fingerprint density at radius 1 is 1.07 bits per heavy atom. The van der Waals surface area contributed by atoms with E-state index in [0.717, 1.165) is 5.56 Å². The van der Waals surface area contributed by atoms with E-state index in [1.807, 2.05) is 38.1 Å². The van der Waals surface area contributed by atoms with Crippen LogP contribution in [0.5, 0.6) is 0 Å². The van der Waals surface area contributed by atoms with Gasteiger partial charge >= 0.3 is 0 Å². The number of aryl methyl sites for hydroxylation is 2. The molecule has 2 aromatic carbocycles. The first kappa shape index (κ1) is 19.6. The minimum Gasteiger partial charge on any atom is -0.416 e. The largest absolute Gasteiger partial charge is 0.416 e. The summed E-state index contributed by atoms with van der Waals surface area (Å²) in [6.07, 6.45) is 0.653. The van der Waals surface area contributed by atoms with Gasteiger partial charge in [0.05, 0.1) is 5.75 Å². The molecule has 0 spiro atoms. The van der Waals surface area contributed by atoms with Crippen molar-refractivity contribution < 1.29 is 14.0 Å². The molecular formula is C20H20N4O3S. The highest BCUT2D eigenvalue weighted by Crippen LogP contribution is 2.22. The molecule has 2 amide bonds. The first-order chi connectivity index (χ1) is 13.5. The van der Waals surface area contributed by atoms with Crippen molar-refractivity contribution in [3.63, 3.8) is 0 Å². The molecule has 0 atom stereocenters. The molecule has 7 nitrogen and oxygen atoms in total. The van der Waals surface area contributed by atoms with E-state index in [-0.39, 0.29) is 17.6 Å². The molecule has 0 saturated carbocycles. The van der Waals surface area contributed by atoms with Crippen LogP contribution in [0.25, 0.3) is 0 Å². The monoisotopic (exact) mass is 396 g/mol. The van der Waals surface area contributed by atoms with Gasteiger partial charge in [-0.15, -0.1) is 10.2 Å². The second-order valence-corrected chi connectivity index (χ2v) is 6.93. The van der Waals surface area contributed by atoms with Crippen molar-refractivity contribution in [1.29, 1.82) is 0 Å². The Morgan fingerprint density at radius 2 is 1.86 bits per heavy atom. The molecule has 3 rings (SSSR count). The molecule has 0 aliphatic carbocycles. The second kappa shape index (κ2) is 9.18. The summed E-state index contributed by atoms with van der Waals surface area (Å²) in [4.78, 5) is 24.6. The number of hydrogen-bond acceptors (Lipinski definition) is 6. The van der Waals surface area contributed by atoms with E-state index in [4.69, 9.17) is 4.42 Å². The van der Waals surface area contributed by atoms with Crippen LogP contribution in [0.1, 0.15) is 28.7 Å². The normalized spacial score (nSPS) is 10.5. The highest BCUT2D eigenvalue weighted by Gasteiger charge is 2.11. The molecule has 0 bridgehead atoms. The van der Waals surface area contributed by atoms with E-state index in [2.05, 4.69) is 20.8 Å². The van der Waals surface area contributed by atoms with Crippen LogP contribution in [0.4, 0.5) is 11.4 Å². The molecular weight excluding hydrogens is 376 g/mol. The van der Waals surface area contributed by atoms with Gasteiger partial charge in [-0.3, -0.25) is 9.59 Å². The Labute approximate surface area is 166 Å². The van der Waals surface area contributed by atoms with Crippen LogP contribution >= 0.6 is 11.8 Å². The molecule has 1 aromatic heterocycles. The van der Waals surface area contributed by atoms with Crippen molar-refractivity contribution in [2.24, 2.45) is 0 Å². The molecule has 0 saturated heterocycles. The first-order valence-corrected chi connectivity index (χ1v) is 9.76. The van der Waals surface area contributed by atoms with Crippen LogP contribution in [-0.4, -0.2) is 27.8 Å². The Bertz CT molecular complexity index is 973. The van der Waals surface area contributed by atoms with Crippen LogP contribution in [-0.2, 0) is 11.2 Å². The topological polar surface area (TPSA) is 97.1 Å². The third-order valence-corrected chi connectivity index (χ3v) is 4.70. The van der Waals surface area contributed by atoms with Gasteiger partial charge in [-0.2, -0.15) is 0 Å². The highest BCUT2D eigenvalue weighted by molar-refractivity contribution is 7.99. The molecule has 0 unspecified atom stereocenters. The molecule has 28 heavy (non-hydrogen) atoms. The smallest absolute Gasteiger partial charge is 0.277 e. The Balaban J connectivity index is 1.60. The van der Waals surface area contributed by atoms with Crippen molar-refractivity contribution in [2.75, 3.05) is 16.4 Å². The van der Waals surface area contributed by atoms with E-state index < -0.39 is 0 Å². The number of amides is 2. The van der Waals surface area contributed by atoms with Gasteiger partial charge in [0.2, 0.25) is 11.8 Å². The fourth-order valence-corrected chi connectivity index (χ4v) is 2.96. The number of benzene rings is 2. The number of thioether (sulfide) groups is 1. The molecule has 0 aliphatic heterocycles. The predicted octanol–water partition coefficient (Wildman–Crippen LogP) is 3.92. The first-order valence-electron chi connectivity index (χ1n) is 8.77. The maximum Gasteiger partial charge on any atom is 0.277 e. The molecule has 1 heterocycles. The van der Waals surface area contributed by atoms with Gasteiger partial charge in [0.25, 0.3) is 11.1 Å². The van der Waals surface area contributed by atoms with Crippen LogP contribution < -0.4 is 10.6 Å². The zero-order valence-electron chi connectivity index (χ0n) is 15.6. The van der Waals surface area contributed by atoms with Crippen LogP contribution in [0.15, 0.2) is 58.2 Å². The van der Waals surface area contributed by atoms with Crippen molar-refractivity contribution in [1.82, 2.24) is 10.2 Å². The highest BCUT2D eigenvalue weighted by atomic mass is 32.2. The van der Waals surface area contributed by atoms with E-state index in [9.17, 15) is 9.59 Å². The number of hydrogen-bond donors (Lipinski definition) is 2. The third-order valence-electron chi connectivity index (χ3n) is 3.88. The quantitative estimate of drug-likeness (QED) is 0.588.